The molecule has 0 amide bonds. The van der Waals surface area contributed by atoms with Crippen molar-refractivity contribution in [1.82, 2.24) is 15.3 Å². The number of hydrogen-bond acceptors (Lipinski definition) is 6. The van der Waals surface area contributed by atoms with Crippen LogP contribution in [0.15, 0.2) is 36.4 Å². The third-order valence-corrected chi connectivity index (χ3v) is 4.63. The summed E-state index contributed by atoms with van der Waals surface area (Å²) >= 11 is 5.28. The van der Waals surface area contributed by atoms with E-state index in [4.69, 9.17) is 17.0 Å². The molecular formula is C19H26N6OS. The third-order valence-electron chi connectivity index (χ3n) is 4.38. The Morgan fingerprint density at radius 2 is 1.81 bits per heavy atom. The molecule has 0 unspecified atom stereocenters. The lowest BCUT2D eigenvalue weighted by Crippen LogP contribution is -2.47. The van der Waals surface area contributed by atoms with Gasteiger partial charge in [-0.25, -0.2) is 4.98 Å². The number of para-hydroxylation sites is 1. The van der Waals surface area contributed by atoms with Crippen LogP contribution in [-0.4, -0.2) is 61.5 Å². The number of nitrogens with zero attached hydrogens (tertiary/aromatic N) is 4. The molecule has 144 valence electrons. The van der Waals surface area contributed by atoms with Gasteiger partial charge in [-0.15, -0.1) is 0 Å². The zero-order chi connectivity index (χ0) is 19.1. The van der Waals surface area contributed by atoms with Gasteiger partial charge in [0.1, 0.15) is 5.82 Å². The summed E-state index contributed by atoms with van der Waals surface area (Å²) in [5, 5.41) is 6.63. The molecule has 1 aliphatic heterocycles. The van der Waals surface area contributed by atoms with E-state index in [0.717, 1.165) is 37.7 Å². The fraction of sp³-hybridized carbons (Fsp3) is 0.421. The highest BCUT2D eigenvalue weighted by atomic mass is 32.1. The molecule has 3 rings (SSSR count). The number of benzene rings is 1. The average molecular weight is 387 g/mol. The van der Waals surface area contributed by atoms with Crippen LogP contribution in [0.5, 0.6) is 0 Å². The van der Waals surface area contributed by atoms with E-state index in [1.54, 1.807) is 7.11 Å². The lowest BCUT2D eigenvalue weighted by atomic mass is 10.2. The maximum atomic E-state index is 5.28. The summed E-state index contributed by atoms with van der Waals surface area (Å²) in [7, 11) is 1.66. The maximum absolute atomic E-state index is 5.28. The minimum Gasteiger partial charge on any atom is -0.383 e. The summed E-state index contributed by atoms with van der Waals surface area (Å²) in [5.74, 6) is 1.45. The fourth-order valence-electron chi connectivity index (χ4n) is 3.01. The van der Waals surface area contributed by atoms with E-state index in [1.807, 2.05) is 19.1 Å². The zero-order valence-corrected chi connectivity index (χ0v) is 16.6. The zero-order valence-electron chi connectivity index (χ0n) is 15.8. The molecule has 0 spiro atoms. The number of aryl methyl sites for hydroxylation is 1. The summed E-state index contributed by atoms with van der Waals surface area (Å²) in [5.41, 5.74) is 2.18. The molecule has 1 fully saturated rings. The number of ether oxygens (including phenoxy) is 1. The van der Waals surface area contributed by atoms with Crippen LogP contribution in [0.3, 0.4) is 0 Å². The standard InChI is InChI=1S/C19H26N6OS/c1-15-14-17(22-18(21-15)23-19(27)20-8-13-26-2)25-11-9-24(10-12-25)16-6-4-3-5-7-16/h3-7,14H,8-13H2,1-2H3,(H2,20,21,22,23,27). The number of rotatable bonds is 6. The fourth-order valence-corrected chi connectivity index (χ4v) is 3.21. The summed E-state index contributed by atoms with van der Waals surface area (Å²) in [6.45, 7) is 6.97. The van der Waals surface area contributed by atoms with Crippen molar-refractivity contribution in [1.29, 1.82) is 0 Å². The molecule has 0 bridgehead atoms. The van der Waals surface area contributed by atoms with E-state index in [0.29, 0.717) is 24.2 Å². The Labute approximate surface area is 165 Å². The largest absolute Gasteiger partial charge is 0.383 e. The van der Waals surface area contributed by atoms with Gasteiger partial charge in [0.15, 0.2) is 5.11 Å². The molecule has 1 aliphatic rings. The number of thiocarbonyl (C=S) groups is 1. The summed E-state index contributed by atoms with van der Waals surface area (Å²) in [6.07, 6.45) is 0. The van der Waals surface area contributed by atoms with Crippen molar-refractivity contribution < 1.29 is 4.74 Å². The lowest BCUT2D eigenvalue weighted by molar-refractivity contribution is 0.204. The average Bonchev–Trinajstić information content (AvgIpc) is 2.68. The lowest BCUT2D eigenvalue weighted by Gasteiger charge is -2.36. The predicted molar refractivity (Wildman–Crippen MR) is 114 cm³/mol. The summed E-state index contributed by atoms with van der Waals surface area (Å²) < 4.78 is 5.01. The molecular weight excluding hydrogens is 360 g/mol. The second-order valence-corrected chi connectivity index (χ2v) is 6.78. The van der Waals surface area contributed by atoms with Crippen molar-refractivity contribution >= 4 is 34.8 Å². The molecule has 1 aromatic carbocycles. The molecule has 0 aliphatic carbocycles. The molecule has 2 aromatic rings. The normalized spacial score (nSPS) is 14.1. The molecule has 0 atom stereocenters. The van der Waals surface area contributed by atoms with E-state index in [9.17, 15) is 0 Å². The van der Waals surface area contributed by atoms with Crippen LogP contribution in [-0.2, 0) is 4.74 Å². The van der Waals surface area contributed by atoms with Gasteiger partial charge < -0.3 is 25.2 Å². The van der Waals surface area contributed by atoms with Crippen molar-refractivity contribution in [3.8, 4) is 0 Å². The third kappa shape index (κ3) is 5.51. The van der Waals surface area contributed by atoms with Gasteiger partial charge in [0.2, 0.25) is 5.95 Å². The summed E-state index contributed by atoms with van der Waals surface area (Å²) in [6, 6.07) is 12.5. The smallest absolute Gasteiger partial charge is 0.231 e. The quantitative estimate of drug-likeness (QED) is 0.578. The number of piperazine rings is 1. The van der Waals surface area contributed by atoms with Crippen molar-refractivity contribution in [2.75, 3.05) is 61.6 Å². The molecule has 0 saturated carbocycles. The predicted octanol–water partition coefficient (Wildman–Crippen LogP) is 2.04. The summed E-state index contributed by atoms with van der Waals surface area (Å²) in [4.78, 5) is 13.8. The van der Waals surface area contributed by atoms with E-state index < -0.39 is 0 Å². The first-order valence-corrected chi connectivity index (χ1v) is 9.51. The Balaban J connectivity index is 1.60. The Kier molecular flexibility index (Phi) is 6.78. The van der Waals surface area contributed by atoms with Gasteiger partial charge in [-0.2, -0.15) is 4.98 Å². The molecule has 2 N–H and O–H groups in total. The van der Waals surface area contributed by atoms with Crippen LogP contribution < -0.4 is 20.4 Å². The maximum Gasteiger partial charge on any atom is 0.231 e. The van der Waals surface area contributed by atoms with E-state index >= 15 is 0 Å². The minimum absolute atomic E-state index is 0.498. The van der Waals surface area contributed by atoms with E-state index in [-0.39, 0.29) is 0 Å². The molecule has 1 saturated heterocycles. The number of anilines is 3. The van der Waals surface area contributed by atoms with Crippen LogP contribution in [0, 0.1) is 6.92 Å². The van der Waals surface area contributed by atoms with Gasteiger partial charge in [0, 0.05) is 57.3 Å². The van der Waals surface area contributed by atoms with Gasteiger partial charge >= 0.3 is 0 Å². The van der Waals surface area contributed by atoms with Gasteiger partial charge in [-0.05, 0) is 31.3 Å². The van der Waals surface area contributed by atoms with Crippen LogP contribution in [0.25, 0.3) is 0 Å². The number of nitrogens with one attached hydrogen (secondary N) is 2. The highest BCUT2D eigenvalue weighted by Gasteiger charge is 2.19. The Morgan fingerprint density at radius 1 is 1.11 bits per heavy atom. The highest BCUT2D eigenvalue weighted by Crippen LogP contribution is 2.20. The second kappa shape index (κ2) is 9.48. The minimum atomic E-state index is 0.498. The first kappa shape index (κ1) is 19.3. The van der Waals surface area contributed by atoms with Gasteiger partial charge in [-0.3, -0.25) is 0 Å². The van der Waals surface area contributed by atoms with Gasteiger partial charge in [0.25, 0.3) is 0 Å². The Bertz CT molecular complexity index is 749. The Hall–Kier alpha value is -2.45. The first-order valence-electron chi connectivity index (χ1n) is 9.10. The van der Waals surface area contributed by atoms with E-state index in [2.05, 4.69) is 54.7 Å². The van der Waals surface area contributed by atoms with Crippen molar-refractivity contribution in [3.63, 3.8) is 0 Å². The molecule has 7 nitrogen and oxygen atoms in total. The number of methoxy groups -OCH3 is 1. The second-order valence-electron chi connectivity index (χ2n) is 6.37. The van der Waals surface area contributed by atoms with Crippen molar-refractivity contribution in [2.24, 2.45) is 0 Å². The highest BCUT2D eigenvalue weighted by molar-refractivity contribution is 7.80. The van der Waals surface area contributed by atoms with Crippen molar-refractivity contribution in [3.05, 3.63) is 42.1 Å². The monoisotopic (exact) mass is 386 g/mol. The molecule has 0 radical (unpaired) electrons. The van der Waals surface area contributed by atoms with Gasteiger partial charge in [-0.1, -0.05) is 18.2 Å². The molecule has 8 heteroatoms. The molecule has 1 aromatic heterocycles. The van der Waals surface area contributed by atoms with E-state index in [1.165, 1.54) is 5.69 Å². The van der Waals surface area contributed by atoms with Crippen LogP contribution in [0.1, 0.15) is 5.69 Å². The number of aromatic nitrogens is 2. The SMILES string of the molecule is COCCNC(=S)Nc1nc(C)cc(N2CCN(c3ccccc3)CC2)n1. The first-order chi connectivity index (χ1) is 13.2. The molecule has 27 heavy (non-hydrogen) atoms. The van der Waals surface area contributed by atoms with Crippen LogP contribution in [0.4, 0.5) is 17.5 Å². The number of hydrogen-bond donors (Lipinski definition) is 2. The Morgan fingerprint density at radius 3 is 2.52 bits per heavy atom. The van der Waals surface area contributed by atoms with Crippen LogP contribution in [0.2, 0.25) is 0 Å². The van der Waals surface area contributed by atoms with Gasteiger partial charge in [0.05, 0.1) is 6.61 Å². The van der Waals surface area contributed by atoms with Crippen molar-refractivity contribution in [2.45, 2.75) is 6.92 Å². The molecule has 2 heterocycles. The van der Waals surface area contributed by atoms with Crippen LogP contribution >= 0.6 is 12.2 Å². The topological polar surface area (TPSA) is 65.6 Å².